The smallest absolute Gasteiger partial charge is 0.148 e. The lowest BCUT2D eigenvalue weighted by atomic mass is 9.81. The lowest BCUT2D eigenvalue weighted by Gasteiger charge is -2.32. The summed E-state index contributed by atoms with van der Waals surface area (Å²) < 4.78 is 2.30. The molecular formula is C28H36N4. The standard InChI is InChI=1S/C28H36N4/c1-8-11-23(29)28(6,7)25-31-20-13-10-9-12-17(20)24-30-21-14-18-19(15-22(21)32(24)25)27(4,5)16-26(18,2)3/h9-10,12-15,23H,8,11,16,29H2,1-7H3. The zero-order chi connectivity index (χ0) is 23.1. The van der Waals surface area contributed by atoms with E-state index >= 15 is 0 Å². The third-order valence-corrected chi connectivity index (χ3v) is 7.82. The predicted molar refractivity (Wildman–Crippen MR) is 135 cm³/mol. The van der Waals surface area contributed by atoms with E-state index in [9.17, 15) is 0 Å². The topological polar surface area (TPSA) is 56.2 Å². The van der Waals surface area contributed by atoms with Crippen molar-refractivity contribution in [1.29, 1.82) is 0 Å². The first-order chi connectivity index (χ1) is 15.0. The van der Waals surface area contributed by atoms with Crippen LogP contribution in [-0.4, -0.2) is 20.4 Å². The Morgan fingerprint density at radius 2 is 1.66 bits per heavy atom. The number of aromatic nitrogens is 3. The van der Waals surface area contributed by atoms with Gasteiger partial charge in [-0.25, -0.2) is 9.97 Å². The number of fused-ring (bicyclic) bond motifs is 6. The van der Waals surface area contributed by atoms with Crippen LogP contribution in [0.25, 0.3) is 27.6 Å². The van der Waals surface area contributed by atoms with E-state index in [2.05, 4.69) is 89.3 Å². The van der Waals surface area contributed by atoms with Crippen LogP contribution < -0.4 is 5.73 Å². The summed E-state index contributed by atoms with van der Waals surface area (Å²) in [4.78, 5) is 10.4. The van der Waals surface area contributed by atoms with Gasteiger partial charge in [-0.1, -0.05) is 67.0 Å². The number of para-hydroxylation sites is 1. The van der Waals surface area contributed by atoms with Gasteiger partial charge < -0.3 is 5.73 Å². The molecule has 2 heterocycles. The fourth-order valence-electron chi connectivity index (χ4n) is 6.13. The van der Waals surface area contributed by atoms with Crippen molar-refractivity contribution in [2.45, 2.75) is 90.0 Å². The van der Waals surface area contributed by atoms with Crippen molar-refractivity contribution in [3.63, 3.8) is 0 Å². The quantitative estimate of drug-likeness (QED) is 0.409. The highest BCUT2D eigenvalue weighted by Crippen LogP contribution is 2.50. The second kappa shape index (κ2) is 6.77. The fraction of sp³-hybridized carbons (Fsp3) is 0.500. The molecule has 1 atom stereocenters. The van der Waals surface area contributed by atoms with Gasteiger partial charge in [0.25, 0.3) is 0 Å². The van der Waals surface area contributed by atoms with Crippen LogP contribution in [0.2, 0.25) is 0 Å². The first kappa shape index (κ1) is 21.4. The molecule has 4 heteroatoms. The van der Waals surface area contributed by atoms with Gasteiger partial charge in [0.1, 0.15) is 11.5 Å². The van der Waals surface area contributed by atoms with Crippen LogP contribution in [0.15, 0.2) is 36.4 Å². The number of hydrogen-bond acceptors (Lipinski definition) is 3. The molecule has 0 saturated carbocycles. The maximum absolute atomic E-state index is 6.74. The van der Waals surface area contributed by atoms with Gasteiger partial charge >= 0.3 is 0 Å². The highest BCUT2D eigenvalue weighted by atomic mass is 15.1. The minimum Gasteiger partial charge on any atom is -0.327 e. The van der Waals surface area contributed by atoms with Gasteiger partial charge in [0.2, 0.25) is 0 Å². The molecule has 0 spiro atoms. The zero-order valence-corrected chi connectivity index (χ0v) is 20.6. The Labute approximate surface area is 191 Å². The number of nitrogens with zero attached hydrogens (tertiary/aromatic N) is 3. The Bertz CT molecular complexity index is 1360. The van der Waals surface area contributed by atoms with Gasteiger partial charge in [0, 0.05) is 16.8 Å². The van der Waals surface area contributed by atoms with E-state index in [1.807, 2.05) is 0 Å². The number of hydrogen-bond donors (Lipinski definition) is 1. The average Bonchev–Trinajstić information content (AvgIpc) is 3.18. The number of benzene rings is 2. The molecule has 32 heavy (non-hydrogen) atoms. The molecule has 2 N–H and O–H groups in total. The van der Waals surface area contributed by atoms with E-state index in [-0.39, 0.29) is 22.3 Å². The fourth-order valence-corrected chi connectivity index (χ4v) is 6.13. The molecule has 0 aliphatic heterocycles. The first-order valence-corrected chi connectivity index (χ1v) is 12.0. The monoisotopic (exact) mass is 428 g/mol. The summed E-state index contributed by atoms with van der Waals surface area (Å²) in [5.41, 5.74) is 13.8. The molecule has 4 nitrogen and oxygen atoms in total. The molecule has 0 saturated heterocycles. The summed E-state index contributed by atoms with van der Waals surface area (Å²) in [6.45, 7) is 16.1. The van der Waals surface area contributed by atoms with Gasteiger partial charge in [-0.3, -0.25) is 4.40 Å². The average molecular weight is 429 g/mol. The molecule has 0 bridgehead atoms. The van der Waals surface area contributed by atoms with Crippen LogP contribution in [0.1, 0.15) is 84.7 Å². The number of imidazole rings is 1. The summed E-state index contributed by atoms with van der Waals surface area (Å²) in [6.07, 6.45) is 3.17. The first-order valence-electron chi connectivity index (χ1n) is 12.0. The van der Waals surface area contributed by atoms with E-state index in [1.54, 1.807) is 0 Å². The van der Waals surface area contributed by atoms with E-state index in [1.165, 1.54) is 11.1 Å². The van der Waals surface area contributed by atoms with Crippen LogP contribution in [0, 0.1) is 0 Å². The summed E-state index contributed by atoms with van der Waals surface area (Å²) in [5, 5.41) is 1.09. The van der Waals surface area contributed by atoms with Crippen LogP contribution in [-0.2, 0) is 16.2 Å². The van der Waals surface area contributed by atoms with Gasteiger partial charge in [-0.15, -0.1) is 0 Å². The number of rotatable bonds is 4. The molecule has 4 aromatic rings. The van der Waals surface area contributed by atoms with E-state index in [0.717, 1.165) is 52.7 Å². The Balaban J connectivity index is 1.92. The Morgan fingerprint density at radius 1 is 1.00 bits per heavy atom. The largest absolute Gasteiger partial charge is 0.327 e. The van der Waals surface area contributed by atoms with Crippen molar-refractivity contribution in [3.05, 3.63) is 53.3 Å². The summed E-state index contributed by atoms with van der Waals surface area (Å²) in [5.74, 6) is 1.00. The summed E-state index contributed by atoms with van der Waals surface area (Å²) in [6, 6.07) is 13.1. The van der Waals surface area contributed by atoms with E-state index in [0.29, 0.717) is 0 Å². The third kappa shape index (κ3) is 2.92. The summed E-state index contributed by atoms with van der Waals surface area (Å²) >= 11 is 0. The van der Waals surface area contributed by atoms with Crippen molar-refractivity contribution < 1.29 is 0 Å². The molecule has 1 unspecified atom stereocenters. The van der Waals surface area contributed by atoms with Crippen molar-refractivity contribution in [2.24, 2.45) is 5.73 Å². The molecule has 1 aliphatic carbocycles. The summed E-state index contributed by atoms with van der Waals surface area (Å²) in [7, 11) is 0. The van der Waals surface area contributed by atoms with Crippen LogP contribution in [0.3, 0.4) is 0 Å². The van der Waals surface area contributed by atoms with Gasteiger partial charge in [-0.05, 0) is 59.1 Å². The second-order valence-electron chi connectivity index (χ2n) is 11.7. The van der Waals surface area contributed by atoms with Crippen LogP contribution in [0.5, 0.6) is 0 Å². The molecule has 5 rings (SSSR count). The van der Waals surface area contributed by atoms with Crippen molar-refractivity contribution in [1.82, 2.24) is 14.4 Å². The van der Waals surface area contributed by atoms with Crippen LogP contribution in [0.4, 0.5) is 0 Å². The lowest BCUT2D eigenvalue weighted by Crippen LogP contribution is -2.42. The maximum Gasteiger partial charge on any atom is 0.148 e. The minimum absolute atomic E-state index is 0.0200. The minimum atomic E-state index is -0.292. The zero-order valence-electron chi connectivity index (χ0n) is 20.6. The normalized spacial score (nSPS) is 18.5. The SMILES string of the molecule is CCCC(N)C(C)(C)c1nc2ccccc2c2nc3cc4c(cc3n12)C(C)(C)CC4(C)C. The molecule has 1 aliphatic rings. The van der Waals surface area contributed by atoms with E-state index < -0.39 is 0 Å². The van der Waals surface area contributed by atoms with Crippen molar-refractivity contribution >= 4 is 27.6 Å². The Hall–Kier alpha value is -2.46. The van der Waals surface area contributed by atoms with Gasteiger partial charge in [0.05, 0.1) is 16.6 Å². The van der Waals surface area contributed by atoms with Gasteiger partial charge in [-0.2, -0.15) is 0 Å². The molecular weight excluding hydrogens is 392 g/mol. The van der Waals surface area contributed by atoms with Crippen LogP contribution >= 0.6 is 0 Å². The Kier molecular flexibility index (Phi) is 4.53. The molecule has 2 aromatic heterocycles. The lowest BCUT2D eigenvalue weighted by molar-refractivity contribution is 0.365. The molecule has 0 radical (unpaired) electrons. The number of nitrogens with two attached hydrogens (primary N) is 1. The van der Waals surface area contributed by atoms with E-state index in [4.69, 9.17) is 15.7 Å². The Morgan fingerprint density at radius 3 is 2.34 bits per heavy atom. The molecule has 0 fully saturated rings. The van der Waals surface area contributed by atoms with Gasteiger partial charge in [0.15, 0.2) is 0 Å². The van der Waals surface area contributed by atoms with Crippen molar-refractivity contribution in [3.8, 4) is 0 Å². The second-order valence-corrected chi connectivity index (χ2v) is 11.7. The molecule has 2 aromatic carbocycles. The van der Waals surface area contributed by atoms with Crippen molar-refractivity contribution in [2.75, 3.05) is 0 Å². The molecule has 168 valence electrons. The predicted octanol–water partition coefficient (Wildman–Crippen LogP) is 6.40. The maximum atomic E-state index is 6.74. The molecule has 0 amide bonds. The highest BCUT2D eigenvalue weighted by molar-refractivity contribution is 5.97. The highest BCUT2D eigenvalue weighted by Gasteiger charge is 2.42. The third-order valence-electron chi connectivity index (χ3n) is 7.82.